The van der Waals surface area contributed by atoms with Crippen molar-refractivity contribution >= 4 is 49.2 Å². The van der Waals surface area contributed by atoms with Gasteiger partial charge in [-0.05, 0) is 25.3 Å². The van der Waals surface area contributed by atoms with Crippen LogP contribution in [0.5, 0.6) is 0 Å². The zero-order valence-electron chi connectivity index (χ0n) is 15.2. The summed E-state index contributed by atoms with van der Waals surface area (Å²) in [4.78, 5) is 11.8. The van der Waals surface area contributed by atoms with E-state index in [0.29, 0.717) is 18.4 Å². The monoisotopic (exact) mass is 392 g/mol. The molecule has 142 valence electrons. The van der Waals surface area contributed by atoms with Crippen LogP contribution in [0.4, 0.5) is 17.6 Å². The molecule has 0 unspecified atom stereocenters. The SMILES string of the molecule is O[C@@H]1CCN(c2nc(Nc3cc(C4CC4)[nH]n3)c3sc4ccccc4c3n2)C1. The summed E-state index contributed by atoms with van der Waals surface area (Å²) >= 11 is 1.69. The number of hydrogen-bond acceptors (Lipinski definition) is 7. The summed E-state index contributed by atoms with van der Waals surface area (Å²) in [7, 11) is 0. The van der Waals surface area contributed by atoms with E-state index in [1.165, 1.54) is 23.2 Å². The fourth-order valence-electron chi connectivity index (χ4n) is 3.85. The Kier molecular flexibility index (Phi) is 3.57. The van der Waals surface area contributed by atoms with E-state index in [4.69, 9.17) is 9.97 Å². The van der Waals surface area contributed by atoms with Gasteiger partial charge >= 0.3 is 0 Å². The number of β-amino-alcohol motifs (C(OH)–C–C–N with tert-alkyl or cyclic N) is 1. The number of anilines is 3. The Hall–Kier alpha value is -2.71. The summed E-state index contributed by atoms with van der Waals surface area (Å²) in [5.41, 5.74) is 2.14. The lowest BCUT2D eigenvalue weighted by molar-refractivity contribution is 0.198. The predicted molar refractivity (Wildman–Crippen MR) is 112 cm³/mol. The third kappa shape index (κ3) is 2.71. The zero-order chi connectivity index (χ0) is 18.7. The minimum Gasteiger partial charge on any atom is -0.391 e. The first-order valence-corrected chi connectivity index (χ1v) is 10.5. The second kappa shape index (κ2) is 6.15. The van der Waals surface area contributed by atoms with Gasteiger partial charge in [0.05, 0.1) is 16.3 Å². The van der Waals surface area contributed by atoms with Gasteiger partial charge in [0.2, 0.25) is 5.95 Å². The molecule has 1 saturated carbocycles. The van der Waals surface area contributed by atoms with E-state index >= 15 is 0 Å². The van der Waals surface area contributed by atoms with Gasteiger partial charge in [0.1, 0.15) is 0 Å². The molecule has 3 N–H and O–H groups in total. The van der Waals surface area contributed by atoms with Gasteiger partial charge < -0.3 is 15.3 Å². The Balaban J connectivity index is 1.48. The summed E-state index contributed by atoms with van der Waals surface area (Å²) in [6.07, 6.45) is 2.90. The van der Waals surface area contributed by atoms with Crippen molar-refractivity contribution in [2.24, 2.45) is 0 Å². The number of aromatic nitrogens is 4. The molecular formula is C20H20N6OS. The number of nitrogens with zero attached hydrogens (tertiary/aromatic N) is 4. The first-order valence-electron chi connectivity index (χ1n) is 9.69. The number of aliphatic hydroxyl groups is 1. The normalized spacial score (nSPS) is 19.8. The van der Waals surface area contributed by atoms with E-state index in [1.54, 1.807) is 11.3 Å². The Bertz CT molecular complexity index is 1180. The lowest BCUT2D eigenvalue weighted by Gasteiger charge is -2.16. The van der Waals surface area contributed by atoms with Crippen LogP contribution in [0.3, 0.4) is 0 Å². The molecule has 0 spiro atoms. The summed E-state index contributed by atoms with van der Waals surface area (Å²) in [6.45, 7) is 1.34. The smallest absolute Gasteiger partial charge is 0.228 e. The highest BCUT2D eigenvalue weighted by Gasteiger charge is 2.27. The maximum absolute atomic E-state index is 9.95. The van der Waals surface area contributed by atoms with E-state index in [0.717, 1.165) is 40.2 Å². The highest BCUT2D eigenvalue weighted by Crippen LogP contribution is 2.41. The van der Waals surface area contributed by atoms with Gasteiger partial charge in [-0.3, -0.25) is 5.10 Å². The summed E-state index contributed by atoms with van der Waals surface area (Å²) in [5.74, 6) is 2.84. The van der Waals surface area contributed by atoms with E-state index < -0.39 is 0 Å². The van der Waals surface area contributed by atoms with Gasteiger partial charge in [0.15, 0.2) is 11.6 Å². The van der Waals surface area contributed by atoms with Crippen molar-refractivity contribution in [2.45, 2.75) is 31.3 Å². The second-order valence-corrected chi connectivity index (χ2v) is 8.70. The first kappa shape index (κ1) is 16.3. The van der Waals surface area contributed by atoms with E-state index in [-0.39, 0.29) is 6.10 Å². The maximum Gasteiger partial charge on any atom is 0.228 e. The van der Waals surface area contributed by atoms with Crippen LogP contribution in [0.25, 0.3) is 20.3 Å². The molecule has 4 aromatic rings. The van der Waals surface area contributed by atoms with Gasteiger partial charge in [0.25, 0.3) is 0 Å². The van der Waals surface area contributed by atoms with Gasteiger partial charge in [-0.2, -0.15) is 10.1 Å². The van der Waals surface area contributed by atoms with Crippen LogP contribution >= 0.6 is 11.3 Å². The molecule has 1 saturated heterocycles. The number of aromatic amines is 1. The molecule has 28 heavy (non-hydrogen) atoms. The van der Waals surface area contributed by atoms with Crippen molar-refractivity contribution in [1.82, 2.24) is 20.2 Å². The Labute approximate surface area is 165 Å². The van der Waals surface area contributed by atoms with Crippen molar-refractivity contribution in [3.63, 3.8) is 0 Å². The minimum atomic E-state index is -0.317. The molecule has 4 heterocycles. The van der Waals surface area contributed by atoms with Crippen molar-refractivity contribution in [3.05, 3.63) is 36.0 Å². The maximum atomic E-state index is 9.95. The zero-order valence-corrected chi connectivity index (χ0v) is 16.0. The molecule has 6 rings (SSSR count). The molecular weight excluding hydrogens is 372 g/mol. The van der Waals surface area contributed by atoms with Crippen molar-refractivity contribution < 1.29 is 5.11 Å². The molecule has 1 aliphatic heterocycles. The second-order valence-electron chi connectivity index (χ2n) is 7.64. The Morgan fingerprint density at radius 2 is 2.07 bits per heavy atom. The first-order chi connectivity index (χ1) is 13.7. The van der Waals surface area contributed by atoms with E-state index in [2.05, 4.69) is 38.6 Å². The largest absolute Gasteiger partial charge is 0.391 e. The van der Waals surface area contributed by atoms with Gasteiger partial charge in [-0.15, -0.1) is 11.3 Å². The number of aliphatic hydroxyl groups excluding tert-OH is 1. The quantitative estimate of drug-likeness (QED) is 0.490. The van der Waals surface area contributed by atoms with Crippen molar-refractivity contribution in [2.75, 3.05) is 23.3 Å². The third-order valence-corrected chi connectivity index (χ3v) is 6.68. The van der Waals surface area contributed by atoms with Crippen LogP contribution in [0.1, 0.15) is 30.9 Å². The third-order valence-electron chi connectivity index (χ3n) is 5.52. The average molecular weight is 392 g/mol. The average Bonchev–Trinajstić information content (AvgIpc) is 3.11. The molecule has 0 bridgehead atoms. The molecule has 1 aliphatic carbocycles. The molecule has 1 atom stereocenters. The molecule has 3 aromatic heterocycles. The lowest BCUT2D eigenvalue weighted by Crippen LogP contribution is -2.23. The molecule has 7 nitrogen and oxygen atoms in total. The molecule has 2 aliphatic rings. The van der Waals surface area contributed by atoms with E-state index in [9.17, 15) is 5.11 Å². The standard InChI is InChI=1S/C20H20N6OS/c27-12-7-8-26(10-12)20-22-17-13-3-1-2-4-15(13)28-18(17)19(23-20)21-16-9-14(24-25-16)11-5-6-11/h1-4,9,11-12,27H,5-8,10H2,(H2,21,22,23,24,25)/t12-/m1/s1. The Morgan fingerprint density at radius 3 is 2.89 bits per heavy atom. The number of H-pyrrole nitrogens is 1. The number of thiophene rings is 1. The molecule has 0 amide bonds. The highest BCUT2D eigenvalue weighted by molar-refractivity contribution is 7.26. The summed E-state index contributed by atoms with van der Waals surface area (Å²) < 4.78 is 2.22. The number of fused-ring (bicyclic) bond motifs is 3. The number of hydrogen-bond donors (Lipinski definition) is 3. The molecule has 0 radical (unpaired) electrons. The van der Waals surface area contributed by atoms with Crippen LogP contribution in [0.15, 0.2) is 30.3 Å². The van der Waals surface area contributed by atoms with Gasteiger partial charge in [-0.25, -0.2) is 4.98 Å². The molecule has 2 fully saturated rings. The highest BCUT2D eigenvalue weighted by atomic mass is 32.1. The van der Waals surface area contributed by atoms with Crippen molar-refractivity contribution in [1.29, 1.82) is 0 Å². The van der Waals surface area contributed by atoms with Gasteiger partial charge in [0, 0.05) is 40.9 Å². The van der Waals surface area contributed by atoms with Crippen LogP contribution in [-0.2, 0) is 0 Å². The lowest BCUT2D eigenvalue weighted by atomic mass is 10.2. The number of benzene rings is 1. The van der Waals surface area contributed by atoms with Crippen molar-refractivity contribution in [3.8, 4) is 0 Å². The molecule has 1 aromatic carbocycles. The van der Waals surface area contributed by atoms with Crippen LogP contribution < -0.4 is 10.2 Å². The van der Waals surface area contributed by atoms with Crippen LogP contribution in [0, 0.1) is 0 Å². The summed E-state index contributed by atoms with van der Waals surface area (Å²) in [6, 6.07) is 10.4. The number of nitrogens with one attached hydrogen (secondary N) is 2. The molecule has 8 heteroatoms. The van der Waals surface area contributed by atoms with Gasteiger partial charge in [-0.1, -0.05) is 18.2 Å². The summed E-state index contributed by atoms with van der Waals surface area (Å²) in [5, 5.41) is 22.1. The van der Waals surface area contributed by atoms with E-state index in [1.807, 2.05) is 12.1 Å². The fraction of sp³-hybridized carbons (Fsp3) is 0.350. The van der Waals surface area contributed by atoms with Crippen LogP contribution in [0.2, 0.25) is 0 Å². The van der Waals surface area contributed by atoms with Crippen LogP contribution in [-0.4, -0.2) is 44.5 Å². The topological polar surface area (TPSA) is 90.0 Å². The minimum absolute atomic E-state index is 0.317. The Morgan fingerprint density at radius 1 is 1.18 bits per heavy atom. The fourth-order valence-corrected chi connectivity index (χ4v) is 4.94. The predicted octanol–water partition coefficient (Wildman–Crippen LogP) is 3.76. The number of rotatable bonds is 4.